The number of nitrogens with zero attached hydrogens (tertiary/aromatic N) is 2. The lowest BCUT2D eigenvalue weighted by Gasteiger charge is -2.21. The molecular formula is C14H26ClN3. The fourth-order valence-corrected chi connectivity index (χ4v) is 2.57. The van der Waals surface area contributed by atoms with Crippen molar-refractivity contribution in [1.29, 1.82) is 0 Å². The number of aromatic nitrogens is 2. The molecule has 0 saturated heterocycles. The fraction of sp³-hybridized carbons (Fsp3) is 0.786. The van der Waals surface area contributed by atoms with Gasteiger partial charge in [-0.1, -0.05) is 45.2 Å². The van der Waals surface area contributed by atoms with Gasteiger partial charge in [0, 0.05) is 24.7 Å². The van der Waals surface area contributed by atoms with Gasteiger partial charge in [-0.3, -0.25) is 4.68 Å². The second kappa shape index (κ2) is 7.15. The monoisotopic (exact) mass is 271 g/mol. The van der Waals surface area contributed by atoms with E-state index in [2.05, 4.69) is 31.2 Å². The maximum absolute atomic E-state index is 6.30. The van der Waals surface area contributed by atoms with Gasteiger partial charge in [0.2, 0.25) is 0 Å². The number of hydrogen-bond donors (Lipinski definition) is 1. The number of rotatable bonds is 7. The van der Waals surface area contributed by atoms with Gasteiger partial charge in [-0.05, 0) is 19.8 Å². The van der Waals surface area contributed by atoms with Gasteiger partial charge < -0.3 is 5.32 Å². The Balaban J connectivity index is 2.74. The Labute approximate surface area is 116 Å². The molecule has 0 aliphatic carbocycles. The lowest BCUT2D eigenvalue weighted by atomic mass is 10.0. The van der Waals surface area contributed by atoms with Crippen molar-refractivity contribution in [1.82, 2.24) is 15.1 Å². The van der Waals surface area contributed by atoms with Gasteiger partial charge in [0.25, 0.3) is 0 Å². The summed E-state index contributed by atoms with van der Waals surface area (Å²) in [7, 11) is 1.90. The maximum atomic E-state index is 6.30. The minimum atomic E-state index is 0.491. The molecule has 18 heavy (non-hydrogen) atoms. The molecule has 1 atom stereocenters. The third kappa shape index (κ3) is 4.29. The van der Waals surface area contributed by atoms with E-state index in [0.717, 1.165) is 17.3 Å². The van der Waals surface area contributed by atoms with Gasteiger partial charge in [-0.25, -0.2) is 0 Å². The van der Waals surface area contributed by atoms with Crippen molar-refractivity contribution in [2.24, 2.45) is 7.05 Å². The van der Waals surface area contributed by atoms with Crippen LogP contribution in [0.3, 0.4) is 0 Å². The molecule has 0 bridgehead atoms. The van der Waals surface area contributed by atoms with Crippen LogP contribution in [-0.4, -0.2) is 21.9 Å². The van der Waals surface area contributed by atoms with Crippen LogP contribution in [-0.2, 0) is 13.5 Å². The summed E-state index contributed by atoms with van der Waals surface area (Å²) in [5.74, 6) is 0. The van der Waals surface area contributed by atoms with Gasteiger partial charge in [0.15, 0.2) is 0 Å². The summed E-state index contributed by atoms with van der Waals surface area (Å²) in [6.07, 6.45) is 4.65. The normalized spacial score (nSPS) is 13.3. The van der Waals surface area contributed by atoms with Crippen LogP contribution in [0, 0.1) is 6.92 Å². The molecule has 0 aromatic carbocycles. The summed E-state index contributed by atoms with van der Waals surface area (Å²) in [5.41, 5.74) is 2.24. The Morgan fingerprint density at radius 1 is 1.39 bits per heavy atom. The molecule has 4 heteroatoms. The van der Waals surface area contributed by atoms with Crippen molar-refractivity contribution < 1.29 is 0 Å². The topological polar surface area (TPSA) is 29.9 Å². The lowest BCUT2D eigenvalue weighted by molar-refractivity contribution is 0.424. The van der Waals surface area contributed by atoms with Crippen molar-refractivity contribution in [3.8, 4) is 0 Å². The Bertz CT molecular complexity index is 371. The molecule has 0 aliphatic rings. The first kappa shape index (κ1) is 15.5. The van der Waals surface area contributed by atoms with Gasteiger partial charge in [-0.15, -0.1) is 0 Å². The van der Waals surface area contributed by atoms with Crippen LogP contribution in [0.1, 0.15) is 51.3 Å². The minimum Gasteiger partial charge on any atom is -0.311 e. The molecule has 3 nitrogen and oxygen atoms in total. The number of aryl methyl sites for hydroxylation is 2. The zero-order valence-corrected chi connectivity index (χ0v) is 13.0. The van der Waals surface area contributed by atoms with E-state index < -0.39 is 0 Å². The smallest absolute Gasteiger partial charge is 0.130 e. The predicted molar refractivity (Wildman–Crippen MR) is 78.2 cm³/mol. The van der Waals surface area contributed by atoms with Gasteiger partial charge in [0.05, 0.1) is 5.69 Å². The standard InChI is InChI=1S/C14H26ClN3/c1-6-7-8-12(16-10(2)3)9-13-11(4)17-18(5)14(13)15/h10,12,16H,6-9H2,1-5H3. The third-order valence-corrected chi connectivity index (χ3v) is 3.67. The molecule has 0 aliphatic heterocycles. The molecule has 104 valence electrons. The first-order chi connectivity index (χ1) is 8.45. The maximum Gasteiger partial charge on any atom is 0.130 e. The number of unbranched alkanes of at least 4 members (excludes halogenated alkanes) is 1. The predicted octanol–water partition coefficient (Wildman–Crippen LogP) is 3.48. The van der Waals surface area contributed by atoms with E-state index in [1.165, 1.54) is 24.8 Å². The molecule has 1 N–H and O–H groups in total. The van der Waals surface area contributed by atoms with E-state index in [0.29, 0.717) is 12.1 Å². The molecule has 1 heterocycles. The second-order valence-electron chi connectivity index (χ2n) is 5.34. The molecule has 1 unspecified atom stereocenters. The van der Waals surface area contributed by atoms with E-state index in [9.17, 15) is 0 Å². The molecule has 0 amide bonds. The highest BCUT2D eigenvalue weighted by molar-refractivity contribution is 6.30. The zero-order chi connectivity index (χ0) is 13.7. The highest BCUT2D eigenvalue weighted by Gasteiger charge is 2.17. The van der Waals surface area contributed by atoms with Crippen LogP contribution >= 0.6 is 11.6 Å². The zero-order valence-electron chi connectivity index (χ0n) is 12.3. The van der Waals surface area contributed by atoms with E-state index in [4.69, 9.17) is 11.6 Å². The molecular weight excluding hydrogens is 246 g/mol. The highest BCUT2D eigenvalue weighted by atomic mass is 35.5. The van der Waals surface area contributed by atoms with E-state index in [1.54, 1.807) is 4.68 Å². The van der Waals surface area contributed by atoms with Gasteiger partial charge in [-0.2, -0.15) is 5.10 Å². The quantitative estimate of drug-likeness (QED) is 0.823. The molecule has 0 spiro atoms. The second-order valence-corrected chi connectivity index (χ2v) is 5.70. The third-order valence-electron chi connectivity index (χ3n) is 3.20. The number of hydrogen-bond acceptors (Lipinski definition) is 2. The Morgan fingerprint density at radius 2 is 2.06 bits per heavy atom. The Morgan fingerprint density at radius 3 is 2.50 bits per heavy atom. The van der Waals surface area contributed by atoms with Gasteiger partial charge in [0.1, 0.15) is 5.15 Å². The molecule has 1 aromatic heterocycles. The average Bonchev–Trinajstić information content (AvgIpc) is 2.52. The first-order valence-electron chi connectivity index (χ1n) is 6.89. The minimum absolute atomic E-state index is 0.491. The molecule has 1 aromatic rings. The van der Waals surface area contributed by atoms with Crippen molar-refractivity contribution >= 4 is 11.6 Å². The van der Waals surface area contributed by atoms with E-state index in [-0.39, 0.29) is 0 Å². The SMILES string of the molecule is CCCCC(Cc1c(C)nn(C)c1Cl)NC(C)C. The summed E-state index contributed by atoms with van der Waals surface area (Å²) < 4.78 is 1.76. The van der Waals surface area contributed by atoms with E-state index in [1.807, 2.05) is 14.0 Å². The van der Waals surface area contributed by atoms with Crippen molar-refractivity contribution in [3.63, 3.8) is 0 Å². The van der Waals surface area contributed by atoms with Crippen LogP contribution in [0.4, 0.5) is 0 Å². The lowest BCUT2D eigenvalue weighted by Crippen LogP contribution is -2.36. The first-order valence-corrected chi connectivity index (χ1v) is 7.27. The largest absolute Gasteiger partial charge is 0.311 e. The summed E-state index contributed by atoms with van der Waals surface area (Å²) in [5, 5.41) is 8.79. The van der Waals surface area contributed by atoms with Crippen molar-refractivity contribution in [3.05, 3.63) is 16.4 Å². The average molecular weight is 272 g/mol. The number of halogens is 1. The Hall–Kier alpha value is -0.540. The Kier molecular flexibility index (Phi) is 6.16. The highest BCUT2D eigenvalue weighted by Crippen LogP contribution is 2.21. The van der Waals surface area contributed by atoms with Crippen LogP contribution in [0.2, 0.25) is 5.15 Å². The van der Waals surface area contributed by atoms with Gasteiger partial charge >= 0.3 is 0 Å². The summed E-state index contributed by atoms with van der Waals surface area (Å²) in [6, 6.07) is 0.993. The van der Waals surface area contributed by atoms with Crippen LogP contribution < -0.4 is 5.32 Å². The van der Waals surface area contributed by atoms with Crippen molar-refractivity contribution in [2.45, 2.75) is 65.5 Å². The number of nitrogens with one attached hydrogen (secondary N) is 1. The van der Waals surface area contributed by atoms with Crippen LogP contribution in [0.25, 0.3) is 0 Å². The molecule has 0 radical (unpaired) electrons. The summed E-state index contributed by atoms with van der Waals surface area (Å²) in [6.45, 7) is 8.65. The van der Waals surface area contributed by atoms with Crippen LogP contribution in [0.5, 0.6) is 0 Å². The summed E-state index contributed by atoms with van der Waals surface area (Å²) >= 11 is 6.30. The van der Waals surface area contributed by atoms with Crippen molar-refractivity contribution in [2.75, 3.05) is 0 Å². The molecule has 0 fully saturated rings. The molecule has 0 saturated carbocycles. The summed E-state index contributed by atoms with van der Waals surface area (Å²) in [4.78, 5) is 0. The van der Waals surface area contributed by atoms with E-state index >= 15 is 0 Å². The fourth-order valence-electron chi connectivity index (χ4n) is 2.32. The molecule has 1 rings (SSSR count). The van der Waals surface area contributed by atoms with Crippen LogP contribution in [0.15, 0.2) is 0 Å².